The number of pyridine rings is 1. The van der Waals surface area contributed by atoms with Crippen LogP contribution in [-0.2, 0) is 12.8 Å². The number of carbonyl (C=O) groups is 1. The van der Waals surface area contributed by atoms with Gasteiger partial charge in [0.15, 0.2) is 4.34 Å². The maximum absolute atomic E-state index is 12.3. The van der Waals surface area contributed by atoms with E-state index in [-0.39, 0.29) is 11.8 Å². The summed E-state index contributed by atoms with van der Waals surface area (Å²) < 4.78 is 7.37. The summed E-state index contributed by atoms with van der Waals surface area (Å²) in [5.74, 6) is 0.679. The van der Waals surface area contributed by atoms with E-state index in [1.54, 1.807) is 31.2 Å². The van der Waals surface area contributed by atoms with Gasteiger partial charge < -0.3 is 4.74 Å². The van der Waals surface area contributed by atoms with Gasteiger partial charge in [0, 0.05) is 31.4 Å². The lowest BCUT2D eigenvalue weighted by Crippen LogP contribution is -2.12. The number of amides is 1. The quantitative estimate of drug-likeness (QED) is 0.531. The van der Waals surface area contributed by atoms with Crippen molar-refractivity contribution in [3.8, 4) is 5.88 Å². The van der Waals surface area contributed by atoms with E-state index in [4.69, 9.17) is 4.74 Å². The average molecular weight is 362 g/mol. The van der Waals surface area contributed by atoms with Crippen LogP contribution in [0.5, 0.6) is 5.88 Å². The van der Waals surface area contributed by atoms with Crippen LogP contribution in [0.25, 0.3) is 0 Å². The molecule has 8 nitrogen and oxygen atoms in total. The molecule has 0 aromatic carbocycles. The lowest BCUT2D eigenvalue weighted by molar-refractivity contribution is 0.102. The molecule has 1 N–H and O–H groups in total. The second-order valence-corrected chi connectivity index (χ2v) is 6.90. The summed E-state index contributed by atoms with van der Waals surface area (Å²) in [5.41, 5.74) is 1.45. The molecule has 0 saturated carbocycles. The zero-order valence-corrected chi connectivity index (χ0v) is 14.6. The van der Waals surface area contributed by atoms with E-state index in [1.807, 2.05) is 18.3 Å². The van der Waals surface area contributed by atoms with Gasteiger partial charge >= 0.3 is 0 Å². The van der Waals surface area contributed by atoms with E-state index >= 15 is 0 Å². The van der Waals surface area contributed by atoms with Crippen molar-refractivity contribution in [1.82, 2.24) is 25.0 Å². The first-order valence-corrected chi connectivity index (χ1v) is 8.70. The summed E-state index contributed by atoms with van der Waals surface area (Å²) in [6, 6.07) is 3.89. The van der Waals surface area contributed by atoms with Crippen molar-refractivity contribution in [2.75, 3.05) is 12.4 Å². The highest BCUT2D eigenvalue weighted by Crippen LogP contribution is 2.28. The third-order valence-corrected chi connectivity index (χ3v) is 4.99. The summed E-state index contributed by atoms with van der Waals surface area (Å²) in [6.45, 7) is 0. The third kappa shape index (κ3) is 3.89. The molecule has 1 amide bonds. The van der Waals surface area contributed by atoms with E-state index in [9.17, 15) is 4.79 Å². The minimum atomic E-state index is -0.333. The molecule has 0 saturated heterocycles. The van der Waals surface area contributed by atoms with Crippen molar-refractivity contribution in [3.63, 3.8) is 0 Å². The summed E-state index contributed by atoms with van der Waals surface area (Å²) in [4.78, 5) is 16.3. The highest BCUT2D eigenvalue weighted by atomic mass is 32.2. The largest absolute Gasteiger partial charge is 0.479 e. The molecular weight excluding hydrogens is 348 g/mol. The number of rotatable bonds is 6. The van der Waals surface area contributed by atoms with Gasteiger partial charge in [-0.2, -0.15) is 0 Å². The molecule has 124 valence electrons. The van der Waals surface area contributed by atoms with E-state index in [0.29, 0.717) is 10.7 Å². The van der Waals surface area contributed by atoms with Crippen LogP contribution in [0.15, 0.2) is 35.1 Å². The topological polar surface area (TPSA) is 94.8 Å². The van der Waals surface area contributed by atoms with Gasteiger partial charge in [0.2, 0.25) is 11.0 Å². The number of aromatic nitrogens is 5. The number of thioether (sulfide) groups is 1. The maximum Gasteiger partial charge on any atom is 0.264 e. The smallest absolute Gasteiger partial charge is 0.264 e. The molecule has 0 unspecified atom stereocenters. The van der Waals surface area contributed by atoms with Crippen molar-refractivity contribution >= 4 is 34.1 Å². The Labute approximate surface area is 146 Å². The number of aryl methyl sites for hydroxylation is 1. The predicted molar refractivity (Wildman–Crippen MR) is 91.4 cm³/mol. The first-order valence-electron chi connectivity index (χ1n) is 6.90. The van der Waals surface area contributed by atoms with Gasteiger partial charge in [-0.15, -0.1) is 15.3 Å². The highest BCUT2D eigenvalue weighted by Gasteiger charge is 2.18. The molecule has 3 aromatic rings. The van der Waals surface area contributed by atoms with E-state index in [1.165, 1.54) is 23.1 Å². The fraction of sp³-hybridized carbons (Fsp3) is 0.214. The lowest BCUT2D eigenvalue weighted by Gasteiger charge is -2.00. The Balaban J connectivity index is 1.62. The van der Waals surface area contributed by atoms with Gasteiger partial charge in [0.25, 0.3) is 5.91 Å². The summed E-state index contributed by atoms with van der Waals surface area (Å²) in [6.07, 6.45) is 5.14. The monoisotopic (exact) mass is 362 g/mol. The van der Waals surface area contributed by atoms with Crippen LogP contribution >= 0.6 is 23.1 Å². The molecule has 0 fully saturated rings. The normalized spacial score (nSPS) is 10.6. The Kier molecular flexibility index (Phi) is 5.06. The van der Waals surface area contributed by atoms with Crippen molar-refractivity contribution in [3.05, 3.63) is 41.9 Å². The number of hydrogen-bond acceptors (Lipinski definition) is 8. The Morgan fingerprint density at radius 3 is 3.08 bits per heavy atom. The molecule has 10 heteroatoms. The SMILES string of the molecule is COc1nn(C)cc1C(=O)Nc1nnc(SCc2cccnc2)s1. The molecule has 0 spiro atoms. The van der Waals surface area contributed by atoms with Gasteiger partial charge in [-0.25, -0.2) is 0 Å². The summed E-state index contributed by atoms with van der Waals surface area (Å²) in [5, 5.41) is 15.3. The van der Waals surface area contributed by atoms with E-state index in [2.05, 4.69) is 25.6 Å². The van der Waals surface area contributed by atoms with Crippen LogP contribution in [0.3, 0.4) is 0 Å². The molecule has 0 bridgehead atoms. The third-order valence-electron chi connectivity index (χ3n) is 2.94. The molecule has 0 aliphatic carbocycles. The summed E-state index contributed by atoms with van der Waals surface area (Å²) in [7, 11) is 3.19. The van der Waals surface area contributed by atoms with Crippen LogP contribution in [0.4, 0.5) is 5.13 Å². The number of hydrogen-bond donors (Lipinski definition) is 1. The van der Waals surface area contributed by atoms with Gasteiger partial charge in [-0.1, -0.05) is 29.2 Å². The molecular formula is C14H14N6O2S2. The molecule has 0 aliphatic heterocycles. The molecule has 3 heterocycles. The van der Waals surface area contributed by atoms with Gasteiger partial charge in [-0.3, -0.25) is 19.8 Å². The van der Waals surface area contributed by atoms with Gasteiger partial charge in [-0.05, 0) is 11.6 Å². The highest BCUT2D eigenvalue weighted by molar-refractivity contribution is 8.00. The summed E-state index contributed by atoms with van der Waals surface area (Å²) >= 11 is 2.86. The van der Waals surface area contributed by atoms with Gasteiger partial charge in [0.05, 0.1) is 7.11 Å². The van der Waals surface area contributed by atoms with Crippen molar-refractivity contribution < 1.29 is 9.53 Å². The Morgan fingerprint density at radius 2 is 2.33 bits per heavy atom. The molecule has 0 radical (unpaired) electrons. The van der Waals surface area contributed by atoms with Gasteiger partial charge in [0.1, 0.15) is 5.56 Å². The average Bonchev–Trinajstić information content (AvgIpc) is 3.20. The fourth-order valence-corrected chi connectivity index (χ4v) is 3.57. The van der Waals surface area contributed by atoms with Crippen LogP contribution < -0.4 is 10.1 Å². The van der Waals surface area contributed by atoms with Crippen LogP contribution in [0.2, 0.25) is 0 Å². The molecule has 3 aromatic heterocycles. The fourth-order valence-electron chi connectivity index (χ4n) is 1.89. The molecule has 0 aliphatic rings. The van der Waals surface area contributed by atoms with E-state index < -0.39 is 0 Å². The van der Waals surface area contributed by atoms with Crippen molar-refractivity contribution in [2.24, 2.45) is 7.05 Å². The van der Waals surface area contributed by atoms with Crippen LogP contribution in [-0.4, -0.2) is 38.0 Å². The minimum Gasteiger partial charge on any atom is -0.479 e. The zero-order chi connectivity index (χ0) is 16.9. The Morgan fingerprint density at radius 1 is 1.46 bits per heavy atom. The number of methoxy groups -OCH3 is 1. The Bertz CT molecular complexity index is 833. The lowest BCUT2D eigenvalue weighted by atomic mass is 10.3. The van der Waals surface area contributed by atoms with E-state index in [0.717, 1.165) is 15.7 Å². The minimum absolute atomic E-state index is 0.269. The standard InChI is InChI=1S/C14H14N6O2S2/c1-20-7-10(12(19-20)22-2)11(21)16-13-17-18-14(24-13)23-8-9-4-3-5-15-6-9/h3-7H,8H2,1-2H3,(H,16,17,21). The zero-order valence-electron chi connectivity index (χ0n) is 13.0. The first kappa shape index (κ1) is 16.4. The Hall–Kier alpha value is -2.46. The van der Waals surface area contributed by atoms with Crippen LogP contribution in [0.1, 0.15) is 15.9 Å². The van der Waals surface area contributed by atoms with Crippen LogP contribution in [0, 0.1) is 0 Å². The van der Waals surface area contributed by atoms with Crippen molar-refractivity contribution in [2.45, 2.75) is 10.1 Å². The number of nitrogens with one attached hydrogen (secondary N) is 1. The second-order valence-electron chi connectivity index (χ2n) is 4.70. The number of anilines is 1. The molecule has 3 rings (SSSR count). The number of ether oxygens (including phenoxy) is 1. The predicted octanol–water partition coefficient (Wildman–Crippen LogP) is 2.22. The molecule has 24 heavy (non-hydrogen) atoms. The first-order chi connectivity index (χ1) is 11.7. The number of nitrogens with zero attached hydrogens (tertiary/aromatic N) is 5. The number of carbonyl (C=O) groups excluding carboxylic acids is 1. The maximum atomic E-state index is 12.3. The second kappa shape index (κ2) is 7.41. The van der Waals surface area contributed by atoms with Crippen molar-refractivity contribution in [1.29, 1.82) is 0 Å². The molecule has 0 atom stereocenters.